The first-order valence-corrected chi connectivity index (χ1v) is 7.69. The lowest BCUT2D eigenvalue weighted by molar-refractivity contribution is 0.549. The van der Waals surface area contributed by atoms with E-state index in [0.717, 1.165) is 13.0 Å². The molecule has 1 heteroatoms. The van der Waals surface area contributed by atoms with Gasteiger partial charge >= 0.3 is 0 Å². The zero-order valence-electron chi connectivity index (χ0n) is 12.6. The molecule has 1 unspecified atom stereocenters. The molecule has 0 heterocycles. The lowest BCUT2D eigenvalue weighted by Gasteiger charge is -2.19. The molecule has 0 aliphatic carbocycles. The van der Waals surface area contributed by atoms with Crippen molar-refractivity contribution in [3.05, 3.63) is 71.3 Å². The minimum atomic E-state index is 0.401. The third-order valence-electron chi connectivity index (χ3n) is 3.65. The summed E-state index contributed by atoms with van der Waals surface area (Å²) in [5.74, 6) is 0. The van der Waals surface area contributed by atoms with Crippen LogP contribution in [0, 0.1) is 0 Å². The number of rotatable bonds is 7. The van der Waals surface area contributed by atoms with Gasteiger partial charge in [-0.3, -0.25) is 0 Å². The quantitative estimate of drug-likeness (QED) is 0.777. The summed E-state index contributed by atoms with van der Waals surface area (Å²) >= 11 is 0. The monoisotopic (exact) mass is 267 g/mol. The molecule has 0 saturated carbocycles. The number of aryl methyl sites for hydroxylation is 1. The highest BCUT2D eigenvalue weighted by Gasteiger charge is 2.10. The number of hydrogen-bond donors (Lipinski definition) is 1. The van der Waals surface area contributed by atoms with Gasteiger partial charge in [0.25, 0.3) is 0 Å². The van der Waals surface area contributed by atoms with E-state index in [0.29, 0.717) is 6.04 Å². The van der Waals surface area contributed by atoms with Crippen molar-refractivity contribution >= 4 is 0 Å². The van der Waals surface area contributed by atoms with Gasteiger partial charge in [0.15, 0.2) is 0 Å². The molecule has 0 amide bonds. The molecule has 0 bridgehead atoms. The smallest absolute Gasteiger partial charge is 0.0360 e. The molecule has 0 aliphatic rings. The Morgan fingerprint density at radius 3 is 2.15 bits per heavy atom. The Bertz CT molecular complexity index is 487. The molecule has 2 aromatic rings. The van der Waals surface area contributed by atoms with E-state index in [1.165, 1.54) is 29.5 Å². The van der Waals surface area contributed by atoms with Crippen LogP contribution in [0.2, 0.25) is 0 Å². The first-order chi connectivity index (χ1) is 9.83. The molecule has 0 spiro atoms. The van der Waals surface area contributed by atoms with E-state index < -0.39 is 0 Å². The molecule has 1 N–H and O–H groups in total. The summed E-state index contributed by atoms with van der Waals surface area (Å²) in [7, 11) is 0. The number of benzene rings is 2. The molecule has 0 aromatic heterocycles. The highest BCUT2D eigenvalue weighted by atomic mass is 14.9. The highest BCUT2D eigenvalue weighted by molar-refractivity contribution is 5.27. The largest absolute Gasteiger partial charge is 0.310 e. The fraction of sp³-hybridized carbons (Fsp3) is 0.368. The molecule has 2 rings (SSSR count). The van der Waals surface area contributed by atoms with Crippen molar-refractivity contribution in [2.75, 3.05) is 6.54 Å². The average Bonchev–Trinajstić information content (AvgIpc) is 2.49. The van der Waals surface area contributed by atoms with Crippen molar-refractivity contribution in [2.24, 2.45) is 0 Å². The molecule has 0 fully saturated rings. The summed E-state index contributed by atoms with van der Waals surface area (Å²) in [6.45, 7) is 5.39. The predicted octanol–water partition coefficient (Wildman–Crippen LogP) is 4.53. The van der Waals surface area contributed by atoms with E-state index in [1.807, 2.05) is 0 Å². The van der Waals surface area contributed by atoms with Gasteiger partial charge in [0, 0.05) is 6.04 Å². The van der Waals surface area contributed by atoms with Crippen molar-refractivity contribution in [3.8, 4) is 0 Å². The molecular weight excluding hydrogens is 242 g/mol. The lowest BCUT2D eigenvalue weighted by atomic mass is 9.97. The molecular formula is C19H25N. The van der Waals surface area contributed by atoms with Crippen LogP contribution < -0.4 is 5.32 Å². The van der Waals surface area contributed by atoms with Gasteiger partial charge in [-0.1, -0.05) is 74.9 Å². The van der Waals surface area contributed by atoms with E-state index in [9.17, 15) is 0 Å². The van der Waals surface area contributed by atoms with Crippen LogP contribution in [0.15, 0.2) is 54.6 Å². The first-order valence-electron chi connectivity index (χ1n) is 7.69. The minimum Gasteiger partial charge on any atom is -0.310 e. The predicted molar refractivity (Wildman–Crippen MR) is 87.0 cm³/mol. The molecule has 1 atom stereocenters. The Morgan fingerprint density at radius 2 is 1.55 bits per heavy atom. The normalized spacial score (nSPS) is 12.3. The van der Waals surface area contributed by atoms with Gasteiger partial charge in [-0.25, -0.2) is 0 Å². The van der Waals surface area contributed by atoms with Gasteiger partial charge in [0.2, 0.25) is 0 Å². The van der Waals surface area contributed by atoms with Gasteiger partial charge in [-0.15, -0.1) is 0 Å². The van der Waals surface area contributed by atoms with Crippen LogP contribution in [0.4, 0.5) is 0 Å². The van der Waals surface area contributed by atoms with Gasteiger partial charge < -0.3 is 5.32 Å². The maximum absolute atomic E-state index is 3.60. The van der Waals surface area contributed by atoms with Crippen LogP contribution in [0.25, 0.3) is 0 Å². The molecule has 2 aromatic carbocycles. The lowest BCUT2D eigenvalue weighted by Crippen LogP contribution is -2.22. The van der Waals surface area contributed by atoms with Gasteiger partial charge in [-0.2, -0.15) is 0 Å². The number of nitrogens with one attached hydrogen (secondary N) is 1. The van der Waals surface area contributed by atoms with Gasteiger partial charge in [0.05, 0.1) is 0 Å². The second-order valence-electron chi connectivity index (χ2n) is 5.29. The van der Waals surface area contributed by atoms with Crippen molar-refractivity contribution < 1.29 is 0 Å². The van der Waals surface area contributed by atoms with Crippen molar-refractivity contribution in [1.29, 1.82) is 0 Å². The summed E-state index contributed by atoms with van der Waals surface area (Å²) in [4.78, 5) is 0. The molecule has 0 radical (unpaired) electrons. The summed E-state index contributed by atoms with van der Waals surface area (Å²) in [6, 6.07) is 20.2. The fourth-order valence-electron chi connectivity index (χ4n) is 2.61. The molecule has 0 aliphatic heterocycles. The Labute approximate surface area is 123 Å². The average molecular weight is 267 g/mol. The molecule has 1 nitrogen and oxygen atoms in total. The first kappa shape index (κ1) is 14.8. The van der Waals surface area contributed by atoms with Crippen LogP contribution in [0.3, 0.4) is 0 Å². The van der Waals surface area contributed by atoms with Crippen molar-refractivity contribution in [3.63, 3.8) is 0 Å². The summed E-state index contributed by atoms with van der Waals surface area (Å²) in [5.41, 5.74) is 4.21. The Hall–Kier alpha value is -1.60. The number of hydrogen-bond acceptors (Lipinski definition) is 1. The zero-order valence-corrected chi connectivity index (χ0v) is 12.6. The van der Waals surface area contributed by atoms with E-state index in [2.05, 4.69) is 73.8 Å². The maximum Gasteiger partial charge on any atom is 0.0360 e. The summed E-state index contributed by atoms with van der Waals surface area (Å²) in [6.07, 6.45) is 3.42. The summed E-state index contributed by atoms with van der Waals surface area (Å²) < 4.78 is 0. The van der Waals surface area contributed by atoms with Crippen LogP contribution in [-0.4, -0.2) is 6.54 Å². The van der Waals surface area contributed by atoms with E-state index in [4.69, 9.17) is 0 Å². The van der Waals surface area contributed by atoms with Crippen LogP contribution in [0.5, 0.6) is 0 Å². The SMILES string of the molecule is CCCc1ccc(C(Cc2ccccc2)NCC)cc1. The van der Waals surface area contributed by atoms with Crippen LogP contribution in [-0.2, 0) is 12.8 Å². The Kier molecular flexibility index (Phi) is 5.82. The fourth-order valence-corrected chi connectivity index (χ4v) is 2.61. The number of likely N-dealkylation sites (N-methyl/N-ethyl adjacent to an activating group) is 1. The Balaban J connectivity index is 2.11. The Morgan fingerprint density at radius 1 is 0.850 bits per heavy atom. The van der Waals surface area contributed by atoms with Gasteiger partial charge in [0.1, 0.15) is 0 Å². The van der Waals surface area contributed by atoms with Crippen molar-refractivity contribution in [2.45, 2.75) is 39.2 Å². The molecule has 0 saturated heterocycles. The third kappa shape index (κ3) is 4.21. The van der Waals surface area contributed by atoms with E-state index in [-0.39, 0.29) is 0 Å². The molecule has 106 valence electrons. The highest BCUT2D eigenvalue weighted by Crippen LogP contribution is 2.19. The topological polar surface area (TPSA) is 12.0 Å². The van der Waals surface area contributed by atoms with Crippen molar-refractivity contribution in [1.82, 2.24) is 5.32 Å². The van der Waals surface area contributed by atoms with Crippen LogP contribution in [0.1, 0.15) is 43.0 Å². The van der Waals surface area contributed by atoms with E-state index >= 15 is 0 Å². The standard InChI is InChI=1S/C19H25N/c1-3-8-16-11-13-18(14-12-16)19(20-4-2)15-17-9-6-5-7-10-17/h5-7,9-14,19-20H,3-4,8,15H2,1-2H3. The summed E-state index contributed by atoms with van der Waals surface area (Å²) in [5, 5.41) is 3.60. The zero-order chi connectivity index (χ0) is 14.2. The third-order valence-corrected chi connectivity index (χ3v) is 3.65. The van der Waals surface area contributed by atoms with Crippen LogP contribution >= 0.6 is 0 Å². The second kappa shape index (κ2) is 7.86. The molecule has 20 heavy (non-hydrogen) atoms. The maximum atomic E-state index is 3.60. The van der Waals surface area contributed by atoms with Gasteiger partial charge in [-0.05, 0) is 36.1 Å². The van der Waals surface area contributed by atoms with E-state index in [1.54, 1.807) is 0 Å². The minimum absolute atomic E-state index is 0.401. The second-order valence-corrected chi connectivity index (χ2v) is 5.29.